The first kappa shape index (κ1) is 14.7. The van der Waals surface area contributed by atoms with Crippen LogP contribution in [0.15, 0.2) is 24.3 Å². The van der Waals surface area contributed by atoms with Crippen LogP contribution in [0.4, 0.5) is 8.78 Å². The van der Waals surface area contributed by atoms with Crippen molar-refractivity contribution in [1.82, 2.24) is 4.90 Å². The zero-order chi connectivity index (χ0) is 14.9. The maximum absolute atomic E-state index is 12.1. The Balaban J connectivity index is 2.04. The van der Waals surface area contributed by atoms with Gasteiger partial charge in [0.25, 0.3) is 5.91 Å². The van der Waals surface area contributed by atoms with Gasteiger partial charge in [-0.25, -0.2) is 0 Å². The highest BCUT2D eigenvalue weighted by Gasteiger charge is 2.45. The highest BCUT2D eigenvalue weighted by Crippen LogP contribution is 2.30. The minimum atomic E-state index is -2.92. The van der Waals surface area contributed by atoms with E-state index in [1.54, 1.807) is 0 Å². The molecule has 0 aromatic heterocycles. The van der Waals surface area contributed by atoms with Crippen molar-refractivity contribution in [2.75, 3.05) is 13.1 Å². The molecule has 0 saturated carbocycles. The largest absolute Gasteiger partial charge is 0.435 e. The summed E-state index contributed by atoms with van der Waals surface area (Å²) in [7, 11) is 0. The maximum atomic E-state index is 12.1. The molecule has 110 valence electrons. The molecule has 0 unspecified atom stereocenters. The Morgan fingerprint density at radius 3 is 2.60 bits per heavy atom. The Labute approximate surface area is 116 Å². The van der Waals surface area contributed by atoms with Crippen molar-refractivity contribution in [1.29, 1.82) is 0 Å². The SMILES string of the molecule is CC(C)C1(O)CN(C(=O)c2cccc(OC(F)F)c2)C1. The van der Waals surface area contributed by atoms with Crippen LogP contribution in [-0.4, -0.2) is 41.2 Å². The fourth-order valence-electron chi connectivity index (χ4n) is 2.11. The van der Waals surface area contributed by atoms with Gasteiger partial charge in [0, 0.05) is 5.56 Å². The molecule has 1 aromatic carbocycles. The summed E-state index contributed by atoms with van der Waals surface area (Å²) in [5, 5.41) is 10.1. The van der Waals surface area contributed by atoms with E-state index < -0.39 is 12.2 Å². The third-order valence-corrected chi connectivity index (χ3v) is 3.60. The Kier molecular flexibility index (Phi) is 3.94. The number of amides is 1. The smallest absolute Gasteiger partial charge is 0.387 e. The summed E-state index contributed by atoms with van der Waals surface area (Å²) in [5.41, 5.74) is -0.582. The van der Waals surface area contributed by atoms with Gasteiger partial charge in [0.2, 0.25) is 0 Å². The van der Waals surface area contributed by atoms with Crippen molar-refractivity contribution >= 4 is 5.91 Å². The molecule has 1 aromatic rings. The molecule has 6 heteroatoms. The van der Waals surface area contributed by atoms with Crippen molar-refractivity contribution in [2.45, 2.75) is 26.1 Å². The molecule has 4 nitrogen and oxygen atoms in total. The number of benzene rings is 1. The minimum absolute atomic E-state index is 0.0505. The van der Waals surface area contributed by atoms with Crippen LogP contribution in [-0.2, 0) is 0 Å². The quantitative estimate of drug-likeness (QED) is 0.922. The molecule has 2 rings (SSSR count). The molecule has 0 radical (unpaired) electrons. The summed E-state index contributed by atoms with van der Waals surface area (Å²) in [5.74, 6) is -0.291. The summed E-state index contributed by atoms with van der Waals surface area (Å²) in [6.45, 7) is 1.36. The van der Waals surface area contributed by atoms with Gasteiger partial charge in [0.15, 0.2) is 0 Å². The summed E-state index contributed by atoms with van der Waals surface area (Å²) in [4.78, 5) is 13.6. The predicted molar refractivity (Wildman–Crippen MR) is 68.8 cm³/mol. The molecule has 0 spiro atoms. The van der Waals surface area contributed by atoms with Crippen LogP contribution < -0.4 is 4.74 Å². The molecule has 1 amide bonds. The molecule has 1 aliphatic rings. The van der Waals surface area contributed by atoms with E-state index in [2.05, 4.69) is 4.74 Å². The molecule has 1 fully saturated rings. The molecule has 0 bridgehead atoms. The van der Waals surface area contributed by atoms with Gasteiger partial charge >= 0.3 is 6.61 Å². The topological polar surface area (TPSA) is 49.8 Å². The van der Waals surface area contributed by atoms with E-state index in [0.717, 1.165) is 0 Å². The van der Waals surface area contributed by atoms with Gasteiger partial charge in [0.1, 0.15) is 11.4 Å². The summed E-state index contributed by atoms with van der Waals surface area (Å²) < 4.78 is 28.5. The van der Waals surface area contributed by atoms with E-state index in [9.17, 15) is 18.7 Å². The zero-order valence-electron chi connectivity index (χ0n) is 11.3. The monoisotopic (exact) mass is 285 g/mol. The maximum Gasteiger partial charge on any atom is 0.387 e. The van der Waals surface area contributed by atoms with E-state index in [4.69, 9.17) is 0 Å². The van der Waals surface area contributed by atoms with E-state index >= 15 is 0 Å². The van der Waals surface area contributed by atoms with Crippen LogP contribution in [0.25, 0.3) is 0 Å². The number of rotatable bonds is 4. The van der Waals surface area contributed by atoms with Gasteiger partial charge in [-0.3, -0.25) is 4.79 Å². The molecule has 1 N–H and O–H groups in total. The van der Waals surface area contributed by atoms with Gasteiger partial charge in [-0.2, -0.15) is 8.78 Å². The van der Waals surface area contributed by atoms with Crippen LogP contribution in [0.2, 0.25) is 0 Å². The van der Waals surface area contributed by atoms with Crippen LogP contribution >= 0.6 is 0 Å². The first-order chi connectivity index (χ1) is 9.32. The number of ether oxygens (including phenoxy) is 1. The van der Waals surface area contributed by atoms with Crippen molar-refractivity contribution in [3.8, 4) is 5.75 Å². The standard InChI is InChI=1S/C14H17F2NO3/c1-9(2)14(19)7-17(8-14)12(18)10-4-3-5-11(6-10)20-13(15)16/h3-6,9,13,19H,7-8H2,1-2H3. The Hall–Kier alpha value is -1.69. The number of aliphatic hydroxyl groups is 1. The molecule has 0 aliphatic carbocycles. The summed E-state index contributed by atoms with van der Waals surface area (Å²) in [6, 6.07) is 5.66. The highest BCUT2D eigenvalue weighted by molar-refractivity contribution is 5.95. The molecule has 1 aliphatic heterocycles. The minimum Gasteiger partial charge on any atom is -0.435 e. The van der Waals surface area contributed by atoms with E-state index in [1.807, 2.05) is 13.8 Å². The predicted octanol–water partition coefficient (Wildman–Crippen LogP) is 2.13. The van der Waals surface area contributed by atoms with Gasteiger partial charge in [-0.1, -0.05) is 19.9 Å². The zero-order valence-corrected chi connectivity index (χ0v) is 11.3. The van der Waals surface area contributed by atoms with Crippen molar-refractivity contribution in [3.05, 3.63) is 29.8 Å². The van der Waals surface area contributed by atoms with Crippen LogP contribution in [0, 0.1) is 5.92 Å². The molecule has 1 heterocycles. The Morgan fingerprint density at radius 1 is 1.40 bits per heavy atom. The Bertz CT molecular complexity index is 499. The second kappa shape index (κ2) is 5.36. The van der Waals surface area contributed by atoms with Crippen molar-refractivity contribution in [3.63, 3.8) is 0 Å². The lowest BCUT2D eigenvalue weighted by molar-refractivity contribution is -0.110. The molecule has 1 saturated heterocycles. The lowest BCUT2D eigenvalue weighted by atomic mass is 9.82. The van der Waals surface area contributed by atoms with Gasteiger partial charge in [-0.15, -0.1) is 0 Å². The number of β-amino-alcohol motifs (C(OH)–C–C–N with tert-alkyl or cyclic N) is 1. The fourth-order valence-corrected chi connectivity index (χ4v) is 2.11. The third kappa shape index (κ3) is 2.90. The number of hydrogen-bond donors (Lipinski definition) is 1. The van der Waals surface area contributed by atoms with Gasteiger partial charge in [-0.05, 0) is 24.1 Å². The van der Waals surface area contributed by atoms with E-state index in [0.29, 0.717) is 0 Å². The van der Waals surface area contributed by atoms with Crippen molar-refractivity contribution < 1.29 is 23.4 Å². The average Bonchev–Trinajstić information content (AvgIpc) is 2.33. The number of carbonyl (C=O) groups is 1. The average molecular weight is 285 g/mol. The molecular weight excluding hydrogens is 268 g/mol. The fraction of sp³-hybridized carbons (Fsp3) is 0.500. The first-order valence-electron chi connectivity index (χ1n) is 6.38. The van der Waals surface area contributed by atoms with Crippen LogP contribution in [0.3, 0.4) is 0 Å². The normalized spacial score (nSPS) is 17.2. The molecular formula is C14H17F2NO3. The Morgan fingerprint density at radius 2 is 2.05 bits per heavy atom. The number of nitrogens with zero attached hydrogens (tertiary/aromatic N) is 1. The first-order valence-corrected chi connectivity index (χ1v) is 6.38. The lowest BCUT2D eigenvalue weighted by Crippen LogP contribution is -2.65. The van der Waals surface area contributed by atoms with E-state index in [-0.39, 0.29) is 36.2 Å². The summed E-state index contributed by atoms with van der Waals surface area (Å²) >= 11 is 0. The lowest BCUT2D eigenvalue weighted by Gasteiger charge is -2.49. The number of hydrogen-bond acceptors (Lipinski definition) is 3. The number of halogens is 2. The third-order valence-electron chi connectivity index (χ3n) is 3.60. The van der Waals surface area contributed by atoms with Gasteiger partial charge in [0.05, 0.1) is 13.1 Å². The van der Waals surface area contributed by atoms with Crippen LogP contribution in [0.5, 0.6) is 5.75 Å². The molecule has 0 atom stereocenters. The van der Waals surface area contributed by atoms with Crippen molar-refractivity contribution in [2.24, 2.45) is 5.92 Å². The second-order valence-corrected chi connectivity index (χ2v) is 5.33. The second-order valence-electron chi connectivity index (χ2n) is 5.33. The molecule has 20 heavy (non-hydrogen) atoms. The number of likely N-dealkylation sites (tertiary alicyclic amines) is 1. The number of carbonyl (C=O) groups excluding carboxylic acids is 1. The van der Waals surface area contributed by atoms with Crippen LogP contribution in [0.1, 0.15) is 24.2 Å². The highest BCUT2D eigenvalue weighted by atomic mass is 19.3. The van der Waals surface area contributed by atoms with Gasteiger partial charge < -0.3 is 14.7 Å². The van der Waals surface area contributed by atoms with E-state index in [1.165, 1.54) is 29.2 Å². The number of alkyl halides is 2. The summed E-state index contributed by atoms with van der Waals surface area (Å²) in [6.07, 6.45) is 0.